The second-order valence-corrected chi connectivity index (χ2v) is 12.7. The molecule has 0 bridgehead atoms. The van der Waals surface area contributed by atoms with E-state index >= 15 is 0 Å². The molecule has 6 nitrogen and oxygen atoms in total. The number of carbonyl (C=O) groups excluding carboxylic acids is 2. The molecule has 3 aromatic carbocycles. The Labute approximate surface area is 256 Å². The van der Waals surface area contributed by atoms with Gasteiger partial charge in [0.1, 0.15) is 33.9 Å². The molecular formula is C30H23F9O6S. The molecule has 46 heavy (non-hydrogen) atoms. The van der Waals surface area contributed by atoms with E-state index in [1.807, 2.05) is 0 Å². The molecule has 248 valence electrons. The van der Waals surface area contributed by atoms with Crippen molar-refractivity contribution < 1.29 is 67.0 Å². The number of sulfone groups is 1. The molecule has 0 heterocycles. The van der Waals surface area contributed by atoms with Gasteiger partial charge in [-0.3, -0.25) is 9.59 Å². The summed E-state index contributed by atoms with van der Waals surface area (Å²) in [5, 5.41) is 0. The summed E-state index contributed by atoms with van der Waals surface area (Å²) in [5.41, 5.74) is -8.37. The fourth-order valence-electron chi connectivity index (χ4n) is 5.50. The number of methoxy groups -OCH3 is 1. The van der Waals surface area contributed by atoms with Crippen molar-refractivity contribution in [3.63, 3.8) is 0 Å². The average molecular weight is 683 g/mol. The monoisotopic (exact) mass is 682 g/mol. The SMILES string of the molecule is COC(=O)C1CC(c2ccc(C(OCc3c(F)cccc3F)(C(F)(F)F)C(F)(F)F)cc2)(S(=O)(=O)c2ccc(F)cc2)CCC1=O. The molecule has 1 aliphatic carbocycles. The van der Waals surface area contributed by atoms with Crippen LogP contribution in [0.15, 0.2) is 71.6 Å². The number of benzene rings is 3. The molecule has 2 atom stereocenters. The molecule has 1 saturated carbocycles. The van der Waals surface area contributed by atoms with E-state index in [2.05, 4.69) is 9.47 Å². The number of esters is 1. The Hall–Kier alpha value is -3.92. The summed E-state index contributed by atoms with van der Waals surface area (Å²) in [4.78, 5) is 24.5. The quantitative estimate of drug-likeness (QED) is 0.112. The van der Waals surface area contributed by atoms with Gasteiger partial charge < -0.3 is 9.47 Å². The summed E-state index contributed by atoms with van der Waals surface area (Å²) >= 11 is 0. The van der Waals surface area contributed by atoms with Crippen LogP contribution in [0.3, 0.4) is 0 Å². The number of Topliss-reactive ketones (excluding diaryl/α,β-unsaturated/α-hetero) is 1. The van der Waals surface area contributed by atoms with E-state index in [0.717, 1.165) is 37.4 Å². The Balaban J connectivity index is 1.90. The van der Waals surface area contributed by atoms with E-state index in [-0.39, 0.29) is 0 Å². The number of alkyl halides is 6. The fourth-order valence-corrected chi connectivity index (χ4v) is 7.65. The number of carbonyl (C=O) groups is 2. The molecule has 0 spiro atoms. The molecule has 0 N–H and O–H groups in total. The van der Waals surface area contributed by atoms with Crippen molar-refractivity contribution in [2.75, 3.05) is 7.11 Å². The van der Waals surface area contributed by atoms with Gasteiger partial charge in [0.15, 0.2) is 9.84 Å². The molecule has 0 aromatic heterocycles. The molecule has 0 amide bonds. The minimum absolute atomic E-state index is 0.291. The Morgan fingerprint density at radius 2 is 1.41 bits per heavy atom. The summed E-state index contributed by atoms with van der Waals surface area (Å²) in [5.74, 6) is -7.26. The van der Waals surface area contributed by atoms with E-state index in [9.17, 15) is 57.5 Å². The van der Waals surface area contributed by atoms with Gasteiger partial charge in [-0.15, -0.1) is 0 Å². The van der Waals surface area contributed by atoms with Gasteiger partial charge in [-0.1, -0.05) is 30.3 Å². The fraction of sp³-hybridized carbons (Fsp3) is 0.333. The smallest absolute Gasteiger partial charge is 0.430 e. The number of halogens is 9. The zero-order valence-corrected chi connectivity index (χ0v) is 24.3. The van der Waals surface area contributed by atoms with Crippen LogP contribution in [0, 0.1) is 23.4 Å². The van der Waals surface area contributed by atoms with Crippen molar-refractivity contribution in [3.05, 3.63) is 101 Å². The highest BCUT2D eigenvalue weighted by atomic mass is 32.2. The molecule has 1 aliphatic rings. The zero-order chi connectivity index (χ0) is 34.3. The van der Waals surface area contributed by atoms with Crippen molar-refractivity contribution in [1.82, 2.24) is 0 Å². The third-order valence-corrected chi connectivity index (χ3v) is 10.5. The molecule has 1 fully saturated rings. The Kier molecular flexibility index (Phi) is 9.39. The van der Waals surface area contributed by atoms with E-state index in [4.69, 9.17) is 0 Å². The zero-order valence-electron chi connectivity index (χ0n) is 23.5. The van der Waals surface area contributed by atoms with Crippen LogP contribution in [0.4, 0.5) is 39.5 Å². The van der Waals surface area contributed by atoms with Crippen LogP contribution >= 0.6 is 0 Å². The van der Waals surface area contributed by atoms with E-state index < -0.39 is 115 Å². The summed E-state index contributed by atoms with van der Waals surface area (Å²) < 4.78 is 163. The number of rotatable bonds is 8. The average Bonchev–Trinajstić information content (AvgIpc) is 2.97. The second-order valence-electron chi connectivity index (χ2n) is 10.4. The first-order valence-corrected chi connectivity index (χ1v) is 14.7. The normalized spacial score (nSPS) is 19.6. The van der Waals surface area contributed by atoms with Crippen molar-refractivity contribution in [2.24, 2.45) is 5.92 Å². The molecule has 16 heteroatoms. The van der Waals surface area contributed by atoms with Gasteiger partial charge >= 0.3 is 18.3 Å². The number of ether oxygens (including phenoxy) is 2. The standard InChI is InChI=1S/C30H23F9O6S/c1-44-26(41)21-15-27(14-13-25(21)40,46(42,43)20-11-9-19(31)10-12-20)17-5-7-18(8-6-17)28(29(34,35)36,30(37,38)39)45-16-22-23(32)3-2-4-24(22)33/h2-12,21H,13-16H2,1H3. The topological polar surface area (TPSA) is 86.7 Å². The molecule has 0 radical (unpaired) electrons. The molecule has 4 rings (SSSR count). The van der Waals surface area contributed by atoms with Crippen molar-refractivity contribution in [3.8, 4) is 0 Å². The van der Waals surface area contributed by atoms with Crippen molar-refractivity contribution in [2.45, 2.75) is 53.5 Å². The maximum Gasteiger partial charge on any atom is 0.430 e. The first-order valence-electron chi connectivity index (χ1n) is 13.2. The van der Waals surface area contributed by atoms with Crippen LogP contribution in [-0.4, -0.2) is 39.6 Å². The highest BCUT2D eigenvalue weighted by Crippen LogP contribution is 2.54. The molecule has 2 unspecified atom stereocenters. The maximum absolute atomic E-state index is 14.4. The Bertz CT molecular complexity index is 1680. The highest BCUT2D eigenvalue weighted by Gasteiger charge is 2.73. The molecule has 3 aromatic rings. The highest BCUT2D eigenvalue weighted by molar-refractivity contribution is 7.92. The van der Waals surface area contributed by atoms with Crippen LogP contribution in [0.5, 0.6) is 0 Å². The summed E-state index contributed by atoms with van der Waals surface area (Å²) in [6.45, 7) is -1.80. The predicted molar refractivity (Wildman–Crippen MR) is 141 cm³/mol. The van der Waals surface area contributed by atoms with Gasteiger partial charge in [0, 0.05) is 17.5 Å². The summed E-state index contributed by atoms with van der Waals surface area (Å²) in [6.07, 6.45) is -14.4. The molecule has 0 saturated heterocycles. The van der Waals surface area contributed by atoms with Gasteiger partial charge in [0.2, 0.25) is 0 Å². The van der Waals surface area contributed by atoms with Crippen LogP contribution in [0.1, 0.15) is 36.0 Å². The van der Waals surface area contributed by atoms with Gasteiger partial charge in [-0.05, 0) is 54.8 Å². The first kappa shape index (κ1) is 34.9. The lowest BCUT2D eigenvalue weighted by atomic mass is 9.76. The lowest BCUT2D eigenvalue weighted by Crippen LogP contribution is -2.56. The van der Waals surface area contributed by atoms with Crippen LogP contribution in [0.25, 0.3) is 0 Å². The van der Waals surface area contributed by atoms with E-state index in [1.54, 1.807) is 0 Å². The van der Waals surface area contributed by atoms with Gasteiger partial charge in [0.05, 0.1) is 18.6 Å². The number of ketones is 1. The lowest BCUT2D eigenvalue weighted by molar-refractivity contribution is -0.392. The number of hydrogen-bond donors (Lipinski definition) is 0. The minimum Gasteiger partial charge on any atom is -0.468 e. The summed E-state index contributed by atoms with van der Waals surface area (Å²) in [6, 6.07) is 7.26. The van der Waals surface area contributed by atoms with Gasteiger partial charge in [-0.25, -0.2) is 21.6 Å². The van der Waals surface area contributed by atoms with E-state index in [0.29, 0.717) is 36.4 Å². The lowest BCUT2D eigenvalue weighted by Gasteiger charge is -2.40. The van der Waals surface area contributed by atoms with Crippen LogP contribution in [-0.2, 0) is 45.9 Å². The third-order valence-electron chi connectivity index (χ3n) is 7.93. The first-order chi connectivity index (χ1) is 21.3. The Morgan fingerprint density at radius 1 is 0.870 bits per heavy atom. The summed E-state index contributed by atoms with van der Waals surface area (Å²) in [7, 11) is -3.81. The van der Waals surface area contributed by atoms with E-state index in [1.165, 1.54) is 0 Å². The largest absolute Gasteiger partial charge is 0.468 e. The minimum atomic E-state index is -6.26. The number of hydrogen-bond acceptors (Lipinski definition) is 6. The predicted octanol–water partition coefficient (Wildman–Crippen LogP) is 6.85. The molecular weight excluding hydrogens is 659 g/mol. The van der Waals surface area contributed by atoms with Crippen molar-refractivity contribution in [1.29, 1.82) is 0 Å². The van der Waals surface area contributed by atoms with Crippen LogP contribution in [0.2, 0.25) is 0 Å². The molecule has 0 aliphatic heterocycles. The third kappa shape index (κ3) is 5.87. The van der Waals surface area contributed by atoms with Gasteiger partial charge in [-0.2, -0.15) is 26.3 Å². The van der Waals surface area contributed by atoms with Crippen LogP contribution < -0.4 is 0 Å². The second kappa shape index (κ2) is 12.4. The Morgan fingerprint density at radius 3 is 1.91 bits per heavy atom. The maximum atomic E-state index is 14.4. The van der Waals surface area contributed by atoms with Crippen molar-refractivity contribution >= 4 is 21.6 Å². The van der Waals surface area contributed by atoms with Gasteiger partial charge in [0.25, 0.3) is 5.60 Å².